The quantitative estimate of drug-likeness (QED) is 0.435. The van der Waals surface area contributed by atoms with Gasteiger partial charge in [-0.25, -0.2) is 8.42 Å². The van der Waals surface area contributed by atoms with Crippen molar-refractivity contribution >= 4 is 38.9 Å². The van der Waals surface area contributed by atoms with Crippen LogP contribution in [0.4, 0.5) is 11.4 Å². The third-order valence-electron chi connectivity index (χ3n) is 7.62. The summed E-state index contributed by atoms with van der Waals surface area (Å²) in [5.41, 5.74) is 4.86. The number of hydrogen-bond donors (Lipinski definition) is 3. The standard InChI is InChI=1S/C31H34N4O5S/c1-3-41(39,40)27-14-13-24-17-23(27)19-35(2)31(38)29(22-9-7-20(8-10-22)5-4-6-28(36)33-24)34-25-12-11-21-15-16-32-30(37)26(21)18-25/h7-14,17-18,29,34H,3-6,15-16,19H2,1-2H3,(H,32,37)(H,33,36)/t29-/m1/s1. The fourth-order valence-electron chi connectivity index (χ4n) is 5.30. The van der Waals surface area contributed by atoms with Crippen molar-refractivity contribution in [2.75, 3.05) is 30.0 Å². The molecule has 3 heterocycles. The molecule has 9 nitrogen and oxygen atoms in total. The predicted molar refractivity (Wildman–Crippen MR) is 157 cm³/mol. The molecule has 3 aliphatic rings. The fourth-order valence-corrected chi connectivity index (χ4v) is 6.41. The number of rotatable bonds is 4. The molecule has 3 aromatic rings. The number of carbonyl (C=O) groups is 3. The average Bonchev–Trinajstić information content (AvgIpc) is 2.96. The maximum atomic E-state index is 14.0. The van der Waals surface area contributed by atoms with Crippen LogP contribution in [0.1, 0.15) is 58.4 Å². The summed E-state index contributed by atoms with van der Waals surface area (Å²) in [6, 6.07) is 17.2. The van der Waals surface area contributed by atoms with E-state index in [1.165, 1.54) is 11.0 Å². The van der Waals surface area contributed by atoms with Gasteiger partial charge in [0, 0.05) is 43.5 Å². The summed E-state index contributed by atoms with van der Waals surface area (Å²) < 4.78 is 25.8. The van der Waals surface area contributed by atoms with Gasteiger partial charge in [0.2, 0.25) is 11.8 Å². The van der Waals surface area contributed by atoms with Gasteiger partial charge in [0.05, 0.1) is 10.6 Å². The lowest BCUT2D eigenvalue weighted by atomic mass is 9.98. The van der Waals surface area contributed by atoms with Crippen molar-refractivity contribution in [1.29, 1.82) is 0 Å². The molecular formula is C31H34N4O5S. The average molecular weight is 575 g/mol. The lowest BCUT2D eigenvalue weighted by Gasteiger charge is -2.27. The summed E-state index contributed by atoms with van der Waals surface area (Å²) in [6.07, 6.45) is 2.40. The van der Waals surface area contributed by atoms with E-state index >= 15 is 0 Å². The fraction of sp³-hybridized carbons (Fsp3) is 0.323. The Bertz CT molecular complexity index is 1600. The first-order valence-electron chi connectivity index (χ1n) is 13.8. The van der Waals surface area contributed by atoms with Gasteiger partial charge in [-0.15, -0.1) is 0 Å². The van der Waals surface area contributed by atoms with Crippen molar-refractivity contribution < 1.29 is 22.8 Å². The smallest absolute Gasteiger partial charge is 0.251 e. The Hall–Kier alpha value is -4.18. The third-order valence-corrected chi connectivity index (χ3v) is 9.45. The van der Waals surface area contributed by atoms with Crippen LogP contribution in [0.3, 0.4) is 0 Å². The summed E-state index contributed by atoms with van der Waals surface area (Å²) in [5.74, 6) is -0.664. The Kier molecular flexibility index (Phi) is 8.12. The minimum atomic E-state index is -3.59. The van der Waals surface area contributed by atoms with Crippen molar-refractivity contribution in [3.63, 3.8) is 0 Å². The molecule has 6 rings (SSSR count). The van der Waals surface area contributed by atoms with Crippen molar-refractivity contribution in [3.05, 3.63) is 88.5 Å². The topological polar surface area (TPSA) is 125 Å². The molecule has 0 saturated carbocycles. The second-order valence-electron chi connectivity index (χ2n) is 10.5. The van der Waals surface area contributed by atoms with Crippen LogP contribution in [0.5, 0.6) is 0 Å². The predicted octanol–water partition coefficient (Wildman–Crippen LogP) is 3.85. The Balaban J connectivity index is 1.54. The lowest BCUT2D eigenvalue weighted by Crippen LogP contribution is -2.35. The number of amides is 3. The molecule has 0 unspecified atom stereocenters. The highest BCUT2D eigenvalue weighted by atomic mass is 32.2. The molecule has 41 heavy (non-hydrogen) atoms. The first-order valence-corrected chi connectivity index (χ1v) is 15.5. The largest absolute Gasteiger partial charge is 0.370 e. The zero-order valence-electron chi connectivity index (χ0n) is 23.2. The van der Waals surface area contributed by atoms with E-state index in [4.69, 9.17) is 0 Å². The van der Waals surface area contributed by atoms with E-state index in [0.29, 0.717) is 48.3 Å². The molecule has 0 radical (unpaired) electrons. The van der Waals surface area contributed by atoms with Gasteiger partial charge < -0.3 is 20.9 Å². The third kappa shape index (κ3) is 6.27. The summed E-state index contributed by atoms with van der Waals surface area (Å²) in [5, 5.41) is 9.06. The Morgan fingerprint density at radius 3 is 2.46 bits per heavy atom. The highest BCUT2D eigenvalue weighted by Gasteiger charge is 2.27. The molecule has 214 valence electrons. The second-order valence-corrected chi connectivity index (χ2v) is 12.8. The van der Waals surface area contributed by atoms with Crippen molar-refractivity contribution in [3.8, 4) is 0 Å². The maximum absolute atomic E-state index is 14.0. The van der Waals surface area contributed by atoms with Crippen molar-refractivity contribution in [2.24, 2.45) is 0 Å². The lowest BCUT2D eigenvalue weighted by molar-refractivity contribution is -0.131. The molecule has 1 atom stereocenters. The molecule has 0 aromatic heterocycles. The number of aryl methyl sites for hydroxylation is 1. The molecule has 4 bridgehead atoms. The summed E-state index contributed by atoms with van der Waals surface area (Å²) in [4.78, 5) is 40.7. The first-order chi connectivity index (χ1) is 19.6. The van der Waals surface area contributed by atoms with Crippen LogP contribution in [0, 0.1) is 0 Å². The van der Waals surface area contributed by atoms with Crippen LogP contribution in [0.15, 0.2) is 65.6 Å². The number of anilines is 2. The van der Waals surface area contributed by atoms with E-state index in [2.05, 4.69) is 16.0 Å². The summed E-state index contributed by atoms with van der Waals surface area (Å²) in [7, 11) is -1.96. The van der Waals surface area contributed by atoms with Crippen LogP contribution in [0.25, 0.3) is 0 Å². The normalized spacial score (nSPS) is 18.0. The van der Waals surface area contributed by atoms with Gasteiger partial charge >= 0.3 is 0 Å². The molecule has 0 saturated heterocycles. The van der Waals surface area contributed by atoms with Crippen molar-refractivity contribution in [1.82, 2.24) is 10.2 Å². The van der Waals surface area contributed by atoms with Crippen LogP contribution in [0.2, 0.25) is 0 Å². The first kappa shape index (κ1) is 28.4. The number of fused-ring (bicyclic) bond motifs is 10. The Morgan fingerprint density at radius 2 is 1.71 bits per heavy atom. The number of carbonyl (C=O) groups excluding carboxylic acids is 3. The van der Waals surface area contributed by atoms with Gasteiger partial charge in [0.1, 0.15) is 6.04 Å². The Labute approximate surface area is 240 Å². The van der Waals surface area contributed by atoms with Gasteiger partial charge in [-0.2, -0.15) is 0 Å². The highest BCUT2D eigenvalue weighted by molar-refractivity contribution is 7.91. The zero-order chi connectivity index (χ0) is 29.1. The van der Waals surface area contributed by atoms with Gasteiger partial charge in [-0.3, -0.25) is 14.4 Å². The van der Waals surface area contributed by atoms with Gasteiger partial charge in [-0.1, -0.05) is 37.3 Å². The number of nitrogens with one attached hydrogen (secondary N) is 3. The summed E-state index contributed by atoms with van der Waals surface area (Å²) >= 11 is 0. The zero-order valence-corrected chi connectivity index (χ0v) is 24.0. The number of sulfone groups is 1. The molecule has 0 fully saturated rings. The van der Waals surface area contributed by atoms with Crippen LogP contribution >= 0.6 is 0 Å². The number of nitrogens with zero attached hydrogens (tertiary/aromatic N) is 1. The molecule has 3 amide bonds. The van der Waals surface area contributed by atoms with E-state index in [1.54, 1.807) is 32.2 Å². The van der Waals surface area contributed by atoms with E-state index in [0.717, 1.165) is 23.1 Å². The van der Waals surface area contributed by atoms with E-state index in [-0.39, 0.29) is 34.9 Å². The minimum Gasteiger partial charge on any atom is -0.370 e. The van der Waals surface area contributed by atoms with E-state index in [9.17, 15) is 22.8 Å². The van der Waals surface area contributed by atoms with Gasteiger partial charge in [0.25, 0.3) is 5.91 Å². The molecule has 0 aliphatic carbocycles. The van der Waals surface area contributed by atoms with E-state index < -0.39 is 15.9 Å². The SMILES string of the molecule is CCS(=O)(=O)c1ccc2cc1CN(C)C(=O)[C@H](Nc1ccc3c(c1)C(=O)NCC3)c1ccc(cc1)CCCC(=O)N2. The minimum absolute atomic E-state index is 0.0139. The number of likely N-dealkylation sites (N-methyl/N-ethyl adjacent to an activating group) is 1. The van der Waals surface area contributed by atoms with Crippen LogP contribution < -0.4 is 16.0 Å². The molecule has 3 aromatic carbocycles. The van der Waals surface area contributed by atoms with Gasteiger partial charge in [0.15, 0.2) is 9.84 Å². The maximum Gasteiger partial charge on any atom is 0.251 e. The monoisotopic (exact) mass is 574 g/mol. The second kappa shape index (κ2) is 11.7. The molecule has 3 aliphatic heterocycles. The molecule has 10 heteroatoms. The molecule has 3 N–H and O–H groups in total. The molecular weight excluding hydrogens is 540 g/mol. The van der Waals surface area contributed by atoms with Gasteiger partial charge in [-0.05, 0) is 71.8 Å². The van der Waals surface area contributed by atoms with E-state index in [1.807, 2.05) is 36.4 Å². The highest BCUT2D eigenvalue weighted by Crippen LogP contribution is 2.28. The summed E-state index contributed by atoms with van der Waals surface area (Å²) in [6.45, 7) is 2.18. The van der Waals surface area contributed by atoms with Crippen LogP contribution in [-0.4, -0.2) is 50.4 Å². The molecule has 0 spiro atoms. The van der Waals surface area contributed by atoms with Crippen LogP contribution in [-0.2, 0) is 38.8 Å². The Morgan fingerprint density at radius 1 is 0.927 bits per heavy atom. The van der Waals surface area contributed by atoms with Crippen molar-refractivity contribution in [2.45, 2.75) is 50.1 Å². The number of hydrogen-bond acceptors (Lipinski definition) is 6. The number of benzene rings is 3.